The van der Waals surface area contributed by atoms with Crippen LogP contribution in [0.15, 0.2) is 30.3 Å². The molecule has 3 heteroatoms. The van der Waals surface area contributed by atoms with Gasteiger partial charge in [0.05, 0.1) is 6.10 Å². The summed E-state index contributed by atoms with van der Waals surface area (Å²) in [6.45, 7) is 2.68. The molecule has 1 amide bonds. The maximum atomic E-state index is 12.0. The van der Waals surface area contributed by atoms with Gasteiger partial charge in [0.2, 0.25) is 0 Å². The Morgan fingerprint density at radius 2 is 2.00 bits per heavy atom. The molecule has 0 saturated carbocycles. The Labute approximate surface area is 97.0 Å². The van der Waals surface area contributed by atoms with Crippen molar-refractivity contribution < 1.29 is 9.53 Å². The molecule has 0 aromatic heterocycles. The normalized spacial score (nSPS) is 12.2. The first-order valence-corrected chi connectivity index (χ1v) is 5.52. The summed E-state index contributed by atoms with van der Waals surface area (Å²) in [7, 11) is 3.48. The summed E-state index contributed by atoms with van der Waals surface area (Å²) in [5, 5.41) is 0. The second-order valence-corrected chi connectivity index (χ2v) is 3.82. The minimum Gasteiger partial charge on any atom is -0.380 e. The molecule has 88 valence electrons. The van der Waals surface area contributed by atoms with Crippen molar-refractivity contribution in [3.8, 4) is 0 Å². The number of amides is 1. The van der Waals surface area contributed by atoms with Crippen molar-refractivity contribution in [2.24, 2.45) is 0 Å². The Hall–Kier alpha value is -1.35. The maximum absolute atomic E-state index is 12.0. The smallest absolute Gasteiger partial charge is 0.253 e. The van der Waals surface area contributed by atoms with Crippen molar-refractivity contribution in [1.82, 2.24) is 4.90 Å². The number of carbonyl (C=O) groups excluding carboxylic acids is 1. The molecule has 16 heavy (non-hydrogen) atoms. The number of benzene rings is 1. The summed E-state index contributed by atoms with van der Waals surface area (Å²) < 4.78 is 5.26. The number of rotatable bonds is 5. The quantitative estimate of drug-likeness (QED) is 0.762. The summed E-state index contributed by atoms with van der Waals surface area (Å²) in [5.41, 5.74) is 0.718. The van der Waals surface area contributed by atoms with Crippen molar-refractivity contribution in [1.29, 1.82) is 0 Å². The fourth-order valence-corrected chi connectivity index (χ4v) is 1.56. The van der Waals surface area contributed by atoms with Gasteiger partial charge in [-0.15, -0.1) is 0 Å². The van der Waals surface area contributed by atoms with Gasteiger partial charge < -0.3 is 9.64 Å². The summed E-state index contributed by atoms with van der Waals surface area (Å²) >= 11 is 0. The highest BCUT2D eigenvalue weighted by Crippen LogP contribution is 2.05. The fourth-order valence-electron chi connectivity index (χ4n) is 1.56. The molecule has 0 radical (unpaired) electrons. The van der Waals surface area contributed by atoms with E-state index in [2.05, 4.69) is 6.92 Å². The molecule has 0 heterocycles. The van der Waals surface area contributed by atoms with Crippen LogP contribution >= 0.6 is 0 Å². The van der Waals surface area contributed by atoms with Gasteiger partial charge in [0.25, 0.3) is 5.91 Å². The van der Waals surface area contributed by atoms with E-state index < -0.39 is 0 Å². The Kier molecular flexibility index (Phi) is 4.99. The predicted molar refractivity (Wildman–Crippen MR) is 64.5 cm³/mol. The van der Waals surface area contributed by atoms with Crippen LogP contribution in [-0.4, -0.2) is 37.6 Å². The number of ether oxygens (including phenoxy) is 1. The van der Waals surface area contributed by atoms with Gasteiger partial charge in [-0.1, -0.05) is 25.1 Å². The molecule has 0 saturated heterocycles. The van der Waals surface area contributed by atoms with Crippen LogP contribution in [0.25, 0.3) is 0 Å². The molecule has 1 aromatic carbocycles. The molecule has 1 atom stereocenters. The van der Waals surface area contributed by atoms with E-state index in [-0.39, 0.29) is 12.0 Å². The van der Waals surface area contributed by atoms with Crippen molar-refractivity contribution in [2.75, 3.05) is 20.7 Å². The molecule has 0 aliphatic carbocycles. The average Bonchev–Trinajstić information content (AvgIpc) is 2.35. The van der Waals surface area contributed by atoms with E-state index >= 15 is 0 Å². The Bertz CT molecular complexity index is 320. The maximum Gasteiger partial charge on any atom is 0.253 e. The van der Waals surface area contributed by atoms with Gasteiger partial charge in [0.1, 0.15) is 0 Å². The second-order valence-electron chi connectivity index (χ2n) is 3.82. The standard InChI is InChI=1S/C13H19NO2/c1-4-12(16-3)10-14(2)13(15)11-8-6-5-7-9-11/h5-9,12H,4,10H2,1-3H3. The molecule has 3 nitrogen and oxygen atoms in total. The summed E-state index contributed by atoms with van der Waals surface area (Å²) in [4.78, 5) is 13.7. The van der Waals surface area contributed by atoms with Gasteiger partial charge in [0, 0.05) is 26.3 Å². The van der Waals surface area contributed by atoms with Crippen molar-refractivity contribution in [2.45, 2.75) is 19.4 Å². The van der Waals surface area contributed by atoms with E-state index in [0.29, 0.717) is 6.54 Å². The average molecular weight is 221 g/mol. The summed E-state index contributed by atoms with van der Waals surface area (Å²) in [5.74, 6) is 0.0381. The molecule has 0 N–H and O–H groups in total. The van der Waals surface area contributed by atoms with E-state index in [0.717, 1.165) is 12.0 Å². The number of methoxy groups -OCH3 is 1. The van der Waals surface area contributed by atoms with Crippen LogP contribution in [0.2, 0.25) is 0 Å². The second kappa shape index (κ2) is 6.28. The molecular formula is C13H19NO2. The fraction of sp³-hybridized carbons (Fsp3) is 0.462. The Morgan fingerprint density at radius 1 is 1.38 bits per heavy atom. The third kappa shape index (κ3) is 3.35. The molecule has 1 aromatic rings. The number of carbonyl (C=O) groups is 1. The van der Waals surface area contributed by atoms with E-state index in [1.165, 1.54) is 0 Å². The van der Waals surface area contributed by atoms with Gasteiger partial charge in [-0.3, -0.25) is 4.79 Å². The van der Waals surface area contributed by atoms with E-state index in [4.69, 9.17) is 4.74 Å². The minimum atomic E-state index is 0.0381. The highest BCUT2D eigenvalue weighted by molar-refractivity contribution is 5.93. The zero-order valence-electron chi connectivity index (χ0n) is 10.1. The van der Waals surface area contributed by atoms with Gasteiger partial charge in [-0.05, 0) is 18.6 Å². The highest BCUT2D eigenvalue weighted by atomic mass is 16.5. The molecule has 0 bridgehead atoms. The van der Waals surface area contributed by atoms with Crippen molar-refractivity contribution in [3.05, 3.63) is 35.9 Å². The molecule has 0 aliphatic heterocycles. The lowest BCUT2D eigenvalue weighted by molar-refractivity contribution is 0.0529. The molecular weight excluding hydrogens is 202 g/mol. The molecule has 1 unspecified atom stereocenters. The first-order valence-electron chi connectivity index (χ1n) is 5.52. The number of hydrogen-bond acceptors (Lipinski definition) is 2. The highest BCUT2D eigenvalue weighted by Gasteiger charge is 2.14. The van der Waals surface area contributed by atoms with Gasteiger partial charge in [-0.25, -0.2) is 0 Å². The zero-order valence-corrected chi connectivity index (χ0v) is 10.1. The Balaban J connectivity index is 2.61. The minimum absolute atomic E-state index is 0.0381. The number of likely N-dealkylation sites (N-methyl/N-ethyl adjacent to an activating group) is 1. The lowest BCUT2D eigenvalue weighted by Gasteiger charge is -2.22. The van der Waals surface area contributed by atoms with Gasteiger partial charge in [-0.2, -0.15) is 0 Å². The van der Waals surface area contributed by atoms with E-state index in [1.807, 2.05) is 30.3 Å². The lowest BCUT2D eigenvalue weighted by Crippen LogP contribution is -2.34. The van der Waals surface area contributed by atoms with Crippen LogP contribution in [0.5, 0.6) is 0 Å². The third-order valence-electron chi connectivity index (χ3n) is 2.63. The monoisotopic (exact) mass is 221 g/mol. The number of nitrogens with zero attached hydrogens (tertiary/aromatic N) is 1. The first-order chi connectivity index (χ1) is 7.69. The van der Waals surface area contributed by atoms with Crippen LogP contribution in [0.4, 0.5) is 0 Å². The first kappa shape index (κ1) is 12.7. The van der Waals surface area contributed by atoms with Gasteiger partial charge >= 0.3 is 0 Å². The predicted octanol–water partition coefficient (Wildman–Crippen LogP) is 2.18. The Morgan fingerprint density at radius 3 is 2.50 bits per heavy atom. The topological polar surface area (TPSA) is 29.5 Å². The lowest BCUT2D eigenvalue weighted by atomic mass is 10.2. The molecule has 0 aliphatic rings. The van der Waals surface area contributed by atoms with Crippen molar-refractivity contribution >= 4 is 5.91 Å². The SMILES string of the molecule is CCC(CN(C)C(=O)c1ccccc1)OC. The van der Waals surface area contributed by atoms with E-state index in [1.54, 1.807) is 19.1 Å². The third-order valence-corrected chi connectivity index (χ3v) is 2.63. The van der Waals surface area contributed by atoms with Gasteiger partial charge in [0.15, 0.2) is 0 Å². The van der Waals surface area contributed by atoms with Crippen LogP contribution < -0.4 is 0 Å². The van der Waals surface area contributed by atoms with Crippen LogP contribution in [0, 0.1) is 0 Å². The van der Waals surface area contributed by atoms with E-state index in [9.17, 15) is 4.79 Å². The molecule has 0 spiro atoms. The largest absolute Gasteiger partial charge is 0.380 e. The van der Waals surface area contributed by atoms with Crippen LogP contribution in [0.3, 0.4) is 0 Å². The molecule has 1 rings (SSSR count). The summed E-state index contributed by atoms with van der Waals surface area (Å²) in [6, 6.07) is 9.29. The zero-order chi connectivity index (χ0) is 12.0. The number of hydrogen-bond donors (Lipinski definition) is 0. The molecule has 0 fully saturated rings. The van der Waals surface area contributed by atoms with Crippen molar-refractivity contribution in [3.63, 3.8) is 0 Å². The van der Waals surface area contributed by atoms with Crippen LogP contribution in [-0.2, 0) is 4.74 Å². The summed E-state index contributed by atoms with van der Waals surface area (Å²) in [6.07, 6.45) is 1.01. The van der Waals surface area contributed by atoms with Crippen LogP contribution in [0.1, 0.15) is 23.7 Å².